The number of aromatic nitrogens is 1. The van der Waals surface area contributed by atoms with Gasteiger partial charge in [0.1, 0.15) is 11.5 Å². The van der Waals surface area contributed by atoms with Gasteiger partial charge in [0.2, 0.25) is 15.9 Å². The maximum atomic E-state index is 14.4. The van der Waals surface area contributed by atoms with Crippen LogP contribution in [-0.2, 0) is 40.5 Å². The monoisotopic (exact) mass is 503 g/mol. The first kappa shape index (κ1) is 27.7. The molecule has 1 heterocycles. The van der Waals surface area contributed by atoms with Gasteiger partial charge in [0.05, 0.1) is 12.2 Å². The zero-order valence-corrected chi connectivity index (χ0v) is 20.1. The summed E-state index contributed by atoms with van der Waals surface area (Å²) in [5, 5.41) is 2.69. The van der Waals surface area contributed by atoms with Crippen LogP contribution in [-0.4, -0.2) is 25.6 Å². The van der Waals surface area contributed by atoms with E-state index in [1.54, 1.807) is 6.92 Å². The minimum Gasteiger partial charge on any atom is -0.351 e. The van der Waals surface area contributed by atoms with E-state index in [-0.39, 0.29) is 18.7 Å². The Hall–Kier alpha value is -2.53. The summed E-state index contributed by atoms with van der Waals surface area (Å²) in [6.45, 7) is 3.34. The summed E-state index contributed by atoms with van der Waals surface area (Å²) < 4.78 is 78.1. The Balaban J connectivity index is 2.10. The van der Waals surface area contributed by atoms with Crippen molar-refractivity contribution in [3.63, 3.8) is 0 Å². The molecule has 0 fully saturated rings. The van der Waals surface area contributed by atoms with Crippen LogP contribution >= 0.6 is 0 Å². The predicted octanol–water partition coefficient (Wildman–Crippen LogP) is 4.44. The number of halogens is 4. The van der Waals surface area contributed by atoms with Gasteiger partial charge < -0.3 is 5.32 Å². The Labute approximate surface area is 197 Å². The highest BCUT2D eigenvalue weighted by Crippen LogP contribution is 2.29. The lowest BCUT2D eigenvalue weighted by atomic mass is 9.98. The largest absolute Gasteiger partial charge is 0.433 e. The summed E-state index contributed by atoms with van der Waals surface area (Å²) in [6.07, 6.45) is -0.783. The smallest absolute Gasteiger partial charge is 0.351 e. The molecule has 0 spiro atoms. The fraction of sp³-hybridized carbons (Fsp3) is 0.478. The van der Waals surface area contributed by atoms with E-state index in [0.29, 0.717) is 29.7 Å². The molecule has 0 aliphatic heterocycles. The summed E-state index contributed by atoms with van der Waals surface area (Å²) in [6, 6.07) is 6.32. The first-order valence-electron chi connectivity index (χ1n) is 10.9. The highest BCUT2D eigenvalue weighted by molar-refractivity contribution is 7.88. The molecule has 0 aliphatic rings. The molecule has 6 nitrogen and oxygen atoms in total. The van der Waals surface area contributed by atoms with Gasteiger partial charge in [-0.25, -0.2) is 22.5 Å². The van der Waals surface area contributed by atoms with Crippen molar-refractivity contribution >= 4 is 15.9 Å². The van der Waals surface area contributed by atoms with Gasteiger partial charge >= 0.3 is 6.18 Å². The predicted molar refractivity (Wildman–Crippen MR) is 121 cm³/mol. The average Bonchev–Trinajstić information content (AvgIpc) is 2.75. The molecule has 2 rings (SSSR count). The third-order valence-corrected chi connectivity index (χ3v) is 5.99. The van der Waals surface area contributed by atoms with Crippen molar-refractivity contribution in [3.05, 3.63) is 64.2 Å². The molecule has 0 radical (unpaired) electrons. The van der Waals surface area contributed by atoms with Gasteiger partial charge in [-0.15, -0.1) is 0 Å². The van der Waals surface area contributed by atoms with Crippen molar-refractivity contribution in [3.8, 4) is 0 Å². The van der Waals surface area contributed by atoms with E-state index in [2.05, 4.69) is 15.0 Å². The Morgan fingerprint density at radius 3 is 2.35 bits per heavy atom. The van der Waals surface area contributed by atoms with E-state index in [4.69, 9.17) is 0 Å². The summed E-state index contributed by atoms with van der Waals surface area (Å²) >= 11 is 0. The number of sulfonamides is 1. The highest BCUT2D eigenvalue weighted by Gasteiger charge is 2.33. The zero-order valence-electron chi connectivity index (χ0n) is 19.3. The Bertz CT molecular complexity index is 1110. The molecule has 188 valence electrons. The molecular formula is C23H29F4N3O3S. The number of alkyl halides is 3. The van der Waals surface area contributed by atoms with Crippen LogP contribution in [0, 0.1) is 5.82 Å². The van der Waals surface area contributed by atoms with E-state index < -0.39 is 39.5 Å². The van der Waals surface area contributed by atoms with Crippen LogP contribution in [0.25, 0.3) is 0 Å². The fourth-order valence-electron chi connectivity index (χ4n) is 3.28. The molecule has 0 bridgehead atoms. The molecule has 2 N–H and O–H groups in total. The van der Waals surface area contributed by atoms with E-state index in [1.807, 2.05) is 6.92 Å². The Kier molecular flexibility index (Phi) is 9.57. The molecule has 1 aromatic heterocycles. The van der Waals surface area contributed by atoms with Crippen molar-refractivity contribution in [2.75, 3.05) is 6.26 Å². The number of hydrogen-bond acceptors (Lipinski definition) is 4. The van der Waals surface area contributed by atoms with Crippen LogP contribution in [0.1, 0.15) is 67.1 Å². The minimum atomic E-state index is -4.55. The molecule has 1 amide bonds. The topological polar surface area (TPSA) is 88.2 Å². The van der Waals surface area contributed by atoms with Crippen molar-refractivity contribution in [2.45, 2.75) is 64.7 Å². The van der Waals surface area contributed by atoms with Crippen LogP contribution in [0.2, 0.25) is 0 Å². The lowest BCUT2D eigenvalue weighted by molar-refractivity contribution is -0.141. The molecule has 0 saturated carbocycles. The lowest BCUT2D eigenvalue weighted by Gasteiger charge is -2.16. The molecule has 0 saturated heterocycles. The third-order valence-electron chi connectivity index (χ3n) is 5.32. The van der Waals surface area contributed by atoms with Crippen LogP contribution in [0.4, 0.5) is 17.6 Å². The molecule has 0 aliphatic carbocycles. The molecule has 1 atom stereocenters. The van der Waals surface area contributed by atoms with E-state index in [9.17, 15) is 30.8 Å². The number of nitrogens with zero attached hydrogens (tertiary/aromatic N) is 1. The minimum absolute atomic E-state index is 0.00534. The number of aryl methyl sites for hydroxylation is 1. The molecule has 34 heavy (non-hydrogen) atoms. The number of carbonyl (C=O) groups is 1. The van der Waals surface area contributed by atoms with Crippen molar-refractivity contribution in [1.82, 2.24) is 15.0 Å². The number of pyridine rings is 1. The maximum Gasteiger partial charge on any atom is 0.433 e. The third kappa shape index (κ3) is 8.35. The van der Waals surface area contributed by atoms with Gasteiger partial charge in [-0.05, 0) is 43.0 Å². The summed E-state index contributed by atoms with van der Waals surface area (Å²) in [5.74, 6) is -1.82. The quantitative estimate of drug-likeness (QED) is 0.351. The lowest BCUT2D eigenvalue weighted by Crippen LogP contribution is -2.28. The first-order chi connectivity index (χ1) is 15.8. The molecule has 2 aromatic rings. The standard InChI is InChI=1S/C23H29F4N3O3S/c1-4-5-6-7-20-18(10-11-21(30-20)23(25,26)27)13-28-22(31)15(2)16-8-9-17(19(24)12-16)14-29-34(3,32)33/h8-12,15,29H,4-7,13-14H2,1-3H3,(H,28,31). The van der Waals surface area contributed by atoms with Gasteiger partial charge in [0.25, 0.3) is 0 Å². The van der Waals surface area contributed by atoms with Crippen LogP contribution in [0.15, 0.2) is 30.3 Å². The number of benzene rings is 1. The SMILES string of the molecule is CCCCCc1nc(C(F)(F)F)ccc1CNC(=O)C(C)c1ccc(CNS(C)(=O)=O)c(F)c1. The van der Waals surface area contributed by atoms with Gasteiger partial charge in [-0.3, -0.25) is 4.79 Å². The molecule has 11 heteroatoms. The Morgan fingerprint density at radius 1 is 1.09 bits per heavy atom. The van der Waals surface area contributed by atoms with Gasteiger partial charge in [-0.1, -0.05) is 38.0 Å². The van der Waals surface area contributed by atoms with E-state index in [1.165, 1.54) is 24.3 Å². The number of hydrogen-bond donors (Lipinski definition) is 2. The Morgan fingerprint density at radius 2 is 1.76 bits per heavy atom. The van der Waals surface area contributed by atoms with E-state index >= 15 is 0 Å². The number of unbranched alkanes of at least 4 members (excludes halogenated alkanes) is 2. The number of nitrogens with one attached hydrogen (secondary N) is 2. The summed E-state index contributed by atoms with van der Waals surface area (Å²) in [4.78, 5) is 16.4. The summed E-state index contributed by atoms with van der Waals surface area (Å²) in [5.41, 5.74) is 0.340. The zero-order chi connectivity index (χ0) is 25.5. The van der Waals surface area contributed by atoms with Crippen molar-refractivity contribution in [2.24, 2.45) is 0 Å². The van der Waals surface area contributed by atoms with Gasteiger partial charge in [-0.2, -0.15) is 13.2 Å². The van der Waals surface area contributed by atoms with Crippen LogP contribution in [0.5, 0.6) is 0 Å². The first-order valence-corrected chi connectivity index (χ1v) is 12.8. The average molecular weight is 504 g/mol. The maximum absolute atomic E-state index is 14.4. The number of rotatable bonds is 11. The number of amides is 1. The molecular weight excluding hydrogens is 474 g/mol. The fourth-order valence-corrected chi connectivity index (χ4v) is 3.70. The van der Waals surface area contributed by atoms with Gasteiger partial charge in [0, 0.05) is 24.3 Å². The number of carbonyl (C=O) groups excluding carboxylic acids is 1. The van der Waals surface area contributed by atoms with Crippen LogP contribution in [0.3, 0.4) is 0 Å². The van der Waals surface area contributed by atoms with Crippen molar-refractivity contribution < 1.29 is 30.8 Å². The second kappa shape index (κ2) is 11.7. The normalized spacial score (nSPS) is 13.0. The summed E-state index contributed by atoms with van der Waals surface area (Å²) in [7, 11) is -3.48. The van der Waals surface area contributed by atoms with Gasteiger partial charge in [0.15, 0.2) is 0 Å². The van der Waals surface area contributed by atoms with Crippen LogP contribution < -0.4 is 10.0 Å². The molecule has 1 unspecified atom stereocenters. The highest BCUT2D eigenvalue weighted by atomic mass is 32.2. The molecule has 1 aromatic carbocycles. The van der Waals surface area contributed by atoms with Crippen molar-refractivity contribution in [1.29, 1.82) is 0 Å². The second-order valence-electron chi connectivity index (χ2n) is 8.14. The van der Waals surface area contributed by atoms with E-state index in [0.717, 1.165) is 25.2 Å². The second-order valence-corrected chi connectivity index (χ2v) is 9.97.